The second-order valence-electron chi connectivity index (χ2n) is 14.6. The average molecular weight is 607 g/mol. The quantitative estimate of drug-likeness (QED) is 0.420. The zero-order chi connectivity index (χ0) is 30.5. The van der Waals surface area contributed by atoms with Crippen LogP contribution in [0.3, 0.4) is 0 Å². The molecule has 43 heavy (non-hydrogen) atoms. The Kier molecular flexibility index (Phi) is 6.33. The van der Waals surface area contributed by atoms with Gasteiger partial charge in [0.25, 0.3) is 5.89 Å². The Morgan fingerprint density at radius 3 is 2.26 bits per heavy atom. The molecule has 1 aromatic heterocycles. The highest BCUT2D eigenvalue weighted by molar-refractivity contribution is 5.96. The summed E-state index contributed by atoms with van der Waals surface area (Å²) >= 11 is 0. The zero-order valence-corrected chi connectivity index (χ0v) is 24.6. The fraction of sp³-hybridized carbons (Fsp3) is 0.710. The van der Waals surface area contributed by atoms with Gasteiger partial charge in [0.2, 0.25) is 5.91 Å². The molecule has 2 aromatic rings. The Hall–Kier alpha value is -2.73. The van der Waals surface area contributed by atoms with Crippen LogP contribution >= 0.6 is 0 Å². The van der Waals surface area contributed by atoms with E-state index in [4.69, 9.17) is 9.26 Å². The van der Waals surface area contributed by atoms with Crippen LogP contribution in [0, 0.1) is 16.7 Å². The molecule has 0 unspecified atom stereocenters. The van der Waals surface area contributed by atoms with Gasteiger partial charge in [-0.1, -0.05) is 11.2 Å². The molecule has 12 heteroatoms. The van der Waals surface area contributed by atoms with Crippen LogP contribution in [0.25, 0.3) is 0 Å². The second-order valence-corrected chi connectivity index (χ2v) is 14.6. The van der Waals surface area contributed by atoms with Gasteiger partial charge in [-0.25, -0.2) is 4.39 Å². The van der Waals surface area contributed by atoms with Crippen molar-refractivity contribution in [2.24, 2.45) is 16.7 Å². The minimum atomic E-state index is -4.77. The Morgan fingerprint density at radius 2 is 1.72 bits per heavy atom. The molecule has 234 valence electrons. The van der Waals surface area contributed by atoms with E-state index in [1.54, 1.807) is 4.90 Å². The van der Waals surface area contributed by atoms with Gasteiger partial charge in [-0.05, 0) is 88.8 Å². The molecule has 2 aliphatic heterocycles. The summed E-state index contributed by atoms with van der Waals surface area (Å²) in [6.07, 6.45) is -1.39. The van der Waals surface area contributed by atoms with Gasteiger partial charge in [-0.2, -0.15) is 18.2 Å². The van der Waals surface area contributed by atoms with Crippen LogP contribution < -0.4 is 9.80 Å². The monoisotopic (exact) mass is 606 g/mol. The van der Waals surface area contributed by atoms with Crippen LogP contribution in [0.5, 0.6) is 0 Å². The van der Waals surface area contributed by atoms with E-state index in [-0.39, 0.29) is 28.0 Å². The van der Waals surface area contributed by atoms with Crippen molar-refractivity contribution >= 4 is 17.3 Å². The van der Waals surface area contributed by atoms with Crippen LogP contribution in [0.2, 0.25) is 0 Å². The van der Waals surface area contributed by atoms with Gasteiger partial charge < -0.3 is 24.2 Å². The van der Waals surface area contributed by atoms with E-state index in [0.29, 0.717) is 18.1 Å². The summed E-state index contributed by atoms with van der Waals surface area (Å²) in [6.45, 7) is 6.39. The van der Waals surface area contributed by atoms with Crippen molar-refractivity contribution in [3.8, 4) is 0 Å². The number of aromatic nitrogens is 2. The van der Waals surface area contributed by atoms with Gasteiger partial charge in [-0.15, -0.1) is 0 Å². The maximum Gasteiger partial charge on any atom is 0.417 e. The fourth-order valence-electron chi connectivity index (χ4n) is 7.91. The van der Waals surface area contributed by atoms with E-state index in [1.807, 2.05) is 24.3 Å². The summed E-state index contributed by atoms with van der Waals surface area (Å²) in [5.74, 6) is -0.775. The number of alkyl halides is 4. The lowest BCUT2D eigenvalue weighted by Gasteiger charge is -2.56. The first kappa shape index (κ1) is 29.0. The number of fused-ring (bicyclic) bond motifs is 3. The third kappa shape index (κ3) is 4.74. The molecule has 2 bridgehead atoms. The summed E-state index contributed by atoms with van der Waals surface area (Å²) in [5.41, 5.74) is -3.22. The number of anilines is 2. The number of nitrogens with zero attached hydrogens (tertiary/aromatic N) is 4. The average Bonchev–Trinajstić information content (AvgIpc) is 3.41. The third-order valence-electron chi connectivity index (χ3n) is 11.0. The number of benzene rings is 1. The van der Waals surface area contributed by atoms with Crippen molar-refractivity contribution in [2.75, 3.05) is 42.6 Å². The number of rotatable bonds is 7. The van der Waals surface area contributed by atoms with Gasteiger partial charge >= 0.3 is 6.18 Å². The van der Waals surface area contributed by atoms with Crippen molar-refractivity contribution in [3.05, 3.63) is 36.0 Å². The van der Waals surface area contributed by atoms with Crippen LogP contribution in [0.1, 0.15) is 76.9 Å². The van der Waals surface area contributed by atoms with Crippen molar-refractivity contribution in [1.82, 2.24) is 10.1 Å². The van der Waals surface area contributed by atoms with Crippen LogP contribution in [0.4, 0.5) is 28.9 Å². The van der Waals surface area contributed by atoms with Crippen molar-refractivity contribution < 1.29 is 36.7 Å². The summed E-state index contributed by atoms with van der Waals surface area (Å²) in [5, 5.41) is 14.3. The normalized spacial score (nSPS) is 33.1. The molecule has 6 fully saturated rings. The first-order chi connectivity index (χ1) is 20.1. The lowest BCUT2D eigenvalue weighted by Crippen LogP contribution is -2.66. The molecule has 2 saturated heterocycles. The topological polar surface area (TPSA) is 91.9 Å². The molecule has 8 rings (SSSR count). The minimum absolute atomic E-state index is 0.0341. The molecule has 1 N–H and O–H groups in total. The van der Waals surface area contributed by atoms with E-state index in [0.717, 1.165) is 70.5 Å². The van der Waals surface area contributed by atoms with Gasteiger partial charge in [0.15, 0.2) is 17.1 Å². The third-order valence-corrected chi connectivity index (χ3v) is 11.0. The molecular formula is C31H38F4N4O4. The molecule has 8 nitrogen and oxygen atoms in total. The fourth-order valence-corrected chi connectivity index (χ4v) is 7.91. The Bertz CT molecular complexity index is 1380. The van der Waals surface area contributed by atoms with E-state index in [9.17, 15) is 27.5 Å². The van der Waals surface area contributed by atoms with E-state index < -0.39 is 36.2 Å². The molecule has 0 radical (unpaired) electrons. The number of carbonyl (C=O) groups excluding carboxylic acids is 1. The molecule has 0 atom stereocenters. The molecular weight excluding hydrogens is 568 g/mol. The van der Waals surface area contributed by atoms with Gasteiger partial charge in [0.1, 0.15) is 0 Å². The minimum Gasteiger partial charge on any atom is -0.380 e. The van der Waals surface area contributed by atoms with Crippen LogP contribution in [0.15, 0.2) is 28.8 Å². The van der Waals surface area contributed by atoms with E-state index in [2.05, 4.69) is 15.0 Å². The number of hydrogen-bond donors (Lipinski definition) is 1. The number of amides is 1. The number of halogens is 4. The molecule has 1 amide bonds. The number of aliphatic hydroxyl groups is 1. The lowest BCUT2D eigenvalue weighted by molar-refractivity contribution is -0.295. The predicted octanol–water partition coefficient (Wildman–Crippen LogP) is 5.44. The number of hydrogen-bond acceptors (Lipinski definition) is 7. The summed E-state index contributed by atoms with van der Waals surface area (Å²) in [6, 6.07) is 7.70. The summed E-state index contributed by atoms with van der Waals surface area (Å²) in [7, 11) is 0. The highest BCUT2D eigenvalue weighted by Crippen LogP contribution is 2.58. The van der Waals surface area contributed by atoms with E-state index >= 15 is 0 Å². The number of ether oxygens (including phenoxy) is 1. The summed E-state index contributed by atoms with van der Waals surface area (Å²) < 4.78 is 65.4. The molecule has 4 saturated carbocycles. The highest BCUT2D eigenvalue weighted by Gasteiger charge is 2.63. The van der Waals surface area contributed by atoms with Gasteiger partial charge in [-0.3, -0.25) is 4.79 Å². The van der Waals surface area contributed by atoms with Crippen LogP contribution in [-0.2, 0) is 20.6 Å². The van der Waals surface area contributed by atoms with Gasteiger partial charge in [0.05, 0.1) is 18.6 Å². The standard InChI is InChI=1S/C31H38F4N4O4/c1-26(2,32)25-36-24(37-43-25)29-9-6-27(7-10-29,8-11-29)17-39(23(40)20-13-30(41,14-20)31(33,34)35)22-5-3-4-21(12-22)38-15-28(16-38)18-42-19-28/h3-5,12,20,41H,6-11,13-19H2,1-2H3. The van der Waals surface area contributed by atoms with Gasteiger partial charge in [0, 0.05) is 42.3 Å². The lowest BCUT2D eigenvalue weighted by atomic mass is 9.53. The smallest absolute Gasteiger partial charge is 0.380 e. The predicted molar refractivity (Wildman–Crippen MR) is 148 cm³/mol. The SMILES string of the molecule is CC(C)(F)c1nc(C23CCC(CN(C(=O)C4CC(O)(C(F)(F)F)C4)c4cccc(N5CC6(COC6)C5)c4)(CC2)CC3)no1. The molecule has 1 aromatic carbocycles. The summed E-state index contributed by atoms with van der Waals surface area (Å²) in [4.78, 5) is 22.3. The highest BCUT2D eigenvalue weighted by atomic mass is 19.4. The molecule has 6 aliphatic rings. The van der Waals surface area contributed by atoms with E-state index in [1.165, 1.54) is 13.8 Å². The second kappa shape index (κ2) is 9.39. The maximum atomic E-state index is 14.4. The Morgan fingerprint density at radius 1 is 1.07 bits per heavy atom. The Balaban J connectivity index is 1.12. The largest absolute Gasteiger partial charge is 0.417 e. The van der Waals surface area contributed by atoms with Crippen LogP contribution in [-0.4, -0.2) is 65.8 Å². The zero-order valence-electron chi connectivity index (χ0n) is 24.6. The number of carbonyl (C=O) groups is 1. The van der Waals surface area contributed by atoms with Crippen molar-refractivity contribution in [2.45, 2.75) is 88.1 Å². The van der Waals surface area contributed by atoms with Crippen molar-refractivity contribution in [1.29, 1.82) is 0 Å². The first-order valence-electron chi connectivity index (χ1n) is 15.2. The molecule has 4 aliphatic carbocycles. The maximum absolute atomic E-state index is 14.4. The molecule has 1 spiro atoms. The molecule has 3 heterocycles. The Labute approximate surface area is 247 Å². The first-order valence-corrected chi connectivity index (χ1v) is 15.2. The van der Waals surface area contributed by atoms with Crippen molar-refractivity contribution in [3.63, 3.8) is 0 Å².